The molecule has 4 nitrogen and oxygen atoms in total. The predicted octanol–water partition coefficient (Wildman–Crippen LogP) is 4.09. The van der Waals surface area contributed by atoms with Crippen LogP contribution in [-0.4, -0.2) is 31.5 Å². The first-order chi connectivity index (χ1) is 11.8. The van der Waals surface area contributed by atoms with E-state index in [1.165, 1.54) is 10.8 Å². The van der Waals surface area contributed by atoms with E-state index in [1.807, 2.05) is 18.2 Å². The minimum atomic E-state index is 0.196. The van der Waals surface area contributed by atoms with Crippen molar-refractivity contribution in [2.75, 3.05) is 25.5 Å². The van der Waals surface area contributed by atoms with Crippen LogP contribution in [-0.2, 0) is 0 Å². The van der Waals surface area contributed by atoms with Crippen molar-refractivity contribution in [1.82, 2.24) is 0 Å². The number of benzene rings is 3. The first kappa shape index (κ1) is 15.9. The summed E-state index contributed by atoms with van der Waals surface area (Å²) in [5.74, 6) is 0.893. The summed E-state index contributed by atoms with van der Waals surface area (Å²) in [7, 11) is 1.60. The highest BCUT2D eigenvalue weighted by atomic mass is 16.5. The highest BCUT2D eigenvalue weighted by Gasteiger charge is 2.01. The molecule has 0 unspecified atom stereocenters. The zero-order chi connectivity index (χ0) is 16.8. The molecule has 0 spiro atoms. The van der Waals surface area contributed by atoms with Gasteiger partial charge in [0.05, 0.1) is 13.7 Å². The van der Waals surface area contributed by atoms with Crippen molar-refractivity contribution >= 4 is 22.7 Å². The lowest BCUT2D eigenvalue weighted by molar-refractivity contribution is 0.412. The third kappa shape index (κ3) is 3.66. The predicted molar refractivity (Wildman–Crippen MR) is 99.6 cm³/mol. The fraction of sp³-hybridized carbons (Fsp3) is 0.150. The van der Waals surface area contributed by atoms with Gasteiger partial charge in [-0.25, -0.2) is 0 Å². The van der Waals surface area contributed by atoms with Crippen LogP contribution in [0.4, 0.5) is 5.69 Å². The van der Waals surface area contributed by atoms with E-state index in [2.05, 4.69) is 34.6 Å². The molecule has 0 fully saturated rings. The van der Waals surface area contributed by atoms with E-state index in [0.717, 1.165) is 12.2 Å². The molecule has 0 bridgehead atoms. The number of rotatable bonds is 6. The topological polar surface area (TPSA) is 53.9 Å². The molecule has 24 heavy (non-hydrogen) atoms. The fourth-order valence-corrected chi connectivity index (χ4v) is 2.56. The maximum atomic E-state index is 9.82. The van der Waals surface area contributed by atoms with Crippen molar-refractivity contribution in [2.24, 2.45) is 4.99 Å². The Kier molecular flexibility index (Phi) is 4.96. The summed E-state index contributed by atoms with van der Waals surface area (Å²) >= 11 is 0. The summed E-state index contributed by atoms with van der Waals surface area (Å²) in [6.45, 7) is 1.33. The van der Waals surface area contributed by atoms with Crippen LogP contribution in [0, 0.1) is 0 Å². The number of aromatic hydroxyl groups is 1. The van der Waals surface area contributed by atoms with E-state index in [-0.39, 0.29) is 5.75 Å². The number of fused-ring (bicyclic) bond motifs is 1. The van der Waals surface area contributed by atoms with Crippen LogP contribution in [0.1, 0.15) is 5.56 Å². The number of anilines is 1. The number of hydrogen-bond acceptors (Lipinski definition) is 4. The highest BCUT2D eigenvalue weighted by molar-refractivity contribution is 5.93. The average molecular weight is 320 g/mol. The molecule has 3 aromatic rings. The Morgan fingerprint density at radius 3 is 2.79 bits per heavy atom. The Hall–Kier alpha value is -3.01. The fourth-order valence-electron chi connectivity index (χ4n) is 2.56. The lowest BCUT2D eigenvalue weighted by atomic mass is 10.1. The van der Waals surface area contributed by atoms with Gasteiger partial charge in [0.2, 0.25) is 0 Å². The molecule has 0 atom stereocenters. The Labute approximate surface area is 141 Å². The molecule has 0 saturated carbocycles. The van der Waals surface area contributed by atoms with Crippen LogP contribution in [0.3, 0.4) is 0 Å². The molecular weight excluding hydrogens is 300 g/mol. The van der Waals surface area contributed by atoms with E-state index in [0.29, 0.717) is 17.9 Å². The van der Waals surface area contributed by atoms with Crippen LogP contribution >= 0.6 is 0 Å². The standard InChI is InChI=1S/C20H20N2O2/c1-24-17-9-10-20(23)16(13-17)14-21-11-12-22-19-8-4-6-15-5-2-3-7-18(15)19/h2-10,13-14,22-23H,11-12H2,1H3. The zero-order valence-electron chi connectivity index (χ0n) is 13.6. The molecule has 0 saturated heterocycles. The second-order valence-electron chi connectivity index (χ2n) is 5.41. The third-order valence-corrected chi connectivity index (χ3v) is 3.81. The first-order valence-electron chi connectivity index (χ1n) is 7.86. The van der Waals surface area contributed by atoms with Gasteiger partial charge in [-0.3, -0.25) is 4.99 Å². The monoisotopic (exact) mass is 320 g/mol. The number of phenols is 1. The third-order valence-electron chi connectivity index (χ3n) is 3.81. The van der Waals surface area contributed by atoms with Crippen molar-refractivity contribution in [3.05, 3.63) is 66.2 Å². The number of ether oxygens (including phenoxy) is 1. The molecule has 0 aromatic heterocycles. The van der Waals surface area contributed by atoms with Gasteiger partial charge < -0.3 is 15.2 Å². The molecule has 0 radical (unpaired) electrons. The number of nitrogens with one attached hydrogen (secondary N) is 1. The van der Waals surface area contributed by atoms with Gasteiger partial charge in [-0.2, -0.15) is 0 Å². The largest absolute Gasteiger partial charge is 0.507 e. The Bertz CT molecular complexity index is 854. The average Bonchev–Trinajstić information content (AvgIpc) is 2.63. The summed E-state index contributed by atoms with van der Waals surface area (Å²) in [5, 5.41) is 15.6. The molecule has 0 amide bonds. The number of methoxy groups -OCH3 is 1. The van der Waals surface area contributed by atoms with E-state index in [1.54, 1.807) is 31.5 Å². The van der Waals surface area contributed by atoms with Gasteiger partial charge in [-0.1, -0.05) is 36.4 Å². The van der Waals surface area contributed by atoms with Crippen LogP contribution in [0.2, 0.25) is 0 Å². The lowest BCUT2D eigenvalue weighted by Crippen LogP contribution is -2.05. The van der Waals surface area contributed by atoms with Crippen LogP contribution in [0.25, 0.3) is 10.8 Å². The molecule has 3 aromatic carbocycles. The van der Waals surface area contributed by atoms with E-state index < -0.39 is 0 Å². The molecule has 122 valence electrons. The first-order valence-corrected chi connectivity index (χ1v) is 7.86. The minimum absolute atomic E-state index is 0.196. The van der Waals surface area contributed by atoms with E-state index in [4.69, 9.17) is 4.74 Å². The van der Waals surface area contributed by atoms with Crippen molar-refractivity contribution in [1.29, 1.82) is 0 Å². The smallest absolute Gasteiger partial charge is 0.124 e. The quantitative estimate of drug-likeness (QED) is 0.531. The van der Waals surface area contributed by atoms with Crippen LogP contribution in [0.5, 0.6) is 11.5 Å². The van der Waals surface area contributed by atoms with E-state index >= 15 is 0 Å². The number of hydrogen-bond donors (Lipinski definition) is 2. The van der Waals surface area contributed by atoms with Crippen molar-refractivity contribution in [3.8, 4) is 11.5 Å². The molecule has 0 heterocycles. The molecule has 0 aliphatic carbocycles. The summed E-state index contributed by atoms with van der Waals surface area (Å²) in [4.78, 5) is 4.37. The lowest BCUT2D eigenvalue weighted by Gasteiger charge is -2.08. The summed E-state index contributed by atoms with van der Waals surface area (Å²) < 4.78 is 5.15. The SMILES string of the molecule is COc1ccc(O)c(C=NCCNc2cccc3ccccc23)c1. The van der Waals surface area contributed by atoms with Gasteiger partial charge in [-0.05, 0) is 29.7 Å². The van der Waals surface area contributed by atoms with Gasteiger partial charge in [0, 0.05) is 29.4 Å². The molecular formula is C20H20N2O2. The Morgan fingerprint density at radius 2 is 1.92 bits per heavy atom. The summed E-state index contributed by atoms with van der Waals surface area (Å²) in [6.07, 6.45) is 1.67. The van der Waals surface area contributed by atoms with Crippen LogP contribution < -0.4 is 10.1 Å². The van der Waals surface area contributed by atoms with Crippen molar-refractivity contribution in [2.45, 2.75) is 0 Å². The maximum Gasteiger partial charge on any atom is 0.124 e. The normalized spacial score (nSPS) is 11.0. The van der Waals surface area contributed by atoms with Gasteiger partial charge in [0.15, 0.2) is 0 Å². The summed E-state index contributed by atoms with van der Waals surface area (Å²) in [5.41, 5.74) is 1.76. The van der Waals surface area contributed by atoms with Gasteiger partial charge in [0.1, 0.15) is 11.5 Å². The van der Waals surface area contributed by atoms with Crippen molar-refractivity contribution < 1.29 is 9.84 Å². The van der Waals surface area contributed by atoms with Crippen LogP contribution in [0.15, 0.2) is 65.7 Å². The number of nitrogens with zero attached hydrogens (tertiary/aromatic N) is 1. The van der Waals surface area contributed by atoms with Crippen molar-refractivity contribution in [3.63, 3.8) is 0 Å². The van der Waals surface area contributed by atoms with E-state index in [9.17, 15) is 5.11 Å². The Balaban J connectivity index is 1.61. The summed E-state index contributed by atoms with van der Waals surface area (Å²) in [6, 6.07) is 19.6. The number of aliphatic imine (C=N–C) groups is 1. The molecule has 0 aliphatic heterocycles. The maximum absolute atomic E-state index is 9.82. The second-order valence-corrected chi connectivity index (χ2v) is 5.41. The number of phenolic OH excluding ortho intramolecular Hbond substituents is 1. The molecule has 4 heteroatoms. The zero-order valence-corrected chi connectivity index (χ0v) is 13.6. The molecule has 2 N–H and O–H groups in total. The Morgan fingerprint density at radius 1 is 1.08 bits per heavy atom. The molecule has 0 aliphatic rings. The second kappa shape index (κ2) is 7.51. The van der Waals surface area contributed by atoms with Gasteiger partial charge in [-0.15, -0.1) is 0 Å². The highest BCUT2D eigenvalue weighted by Crippen LogP contribution is 2.23. The minimum Gasteiger partial charge on any atom is -0.507 e. The van der Waals surface area contributed by atoms with Gasteiger partial charge in [0.25, 0.3) is 0 Å². The molecule has 3 rings (SSSR count). The van der Waals surface area contributed by atoms with Gasteiger partial charge >= 0.3 is 0 Å².